The summed E-state index contributed by atoms with van der Waals surface area (Å²) < 4.78 is 6.11. The Morgan fingerprint density at radius 1 is 1.09 bits per heavy atom. The molecule has 0 radical (unpaired) electrons. The molecule has 0 unspecified atom stereocenters. The van der Waals surface area contributed by atoms with E-state index in [1.807, 2.05) is 36.4 Å². The lowest BCUT2D eigenvalue weighted by atomic mass is 10.1. The smallest absolute Gasteiger partial charge is 0.273 e. The Hall–Kier alpha value is -3.78. The number of amides is 2. The third-order valence-corrected chi connectivity index (χ3v) is 5.74. The lowest BCUT2D eigenvalue weighted by Gasteiger charge is -2.22. The summed E-state index contributed by atoms with van der Waals surface area (Å²) in [5.41, 5.74) is 8.57. The molecule has 4 rings (SSSR count). The van der Waals surface area contributed by atoms with Crippen LogP contribution in [0.5, 0.6) is 0 Å². The highest BCUT2D eigenvalue weighted by Crippen LogP contribution is 2.25. The number of nitrogens with zero attached hydrogens (tertiary/aromatic N) is 2. The van der Waals surface area contributed by atoms with Crippen molar-refractivity contribution in [3.63, 3.8) is 0 Å². The molecular weight excluding hydrogens is 418 g/mol. The van der Waals surface area contributed by atoms with Gasteiger partial charge in [0.25, 0.3) is 11.8 Å². The predicted molar refractivity (Wildman–Crippen MR) is 125 cm³/mol. The number of carbonyl (C=O) groups excluding carboxylic acids is 2. The number of nitrogens with one attached hydrogen (secondary N) is 2. The molecule has 8 nitrogen and oxygen atoms in total. The number of carbonyl (C=O) groups is 2. The van der Waals surface area contributed by atoms with E-state index in [4.69, 9.17) is 10.5 Å². The summed E-state index contributed by atoms with van der Waals surface area (Å²) in [6.07, 6.45) is 4.28. The second kappa shape index (κ2) is 10.2. The van der Waals surface area contributed by atoms with Gasteiger partial charge in [-0.15, -0.1) is 0 Å². The largest absolute Gasteiger partial charge is 0.382 e. The summed E-state index contributed by atoms with van der Waals surface area (Å²) >= 11 is 0. The summed E-state index contributed by atoms with van der Waals surface area (Å²) in [6.45, 7) is 0.525. The number of nitrogens with two attached hydrogens (primary N) is 1. The molecule has 3 aromatic rings. The molecule has 33 heavy (non-hydrogen) atoms. The third kappa shape index (κ3) is 5.35. The maximum atomic E-state index is 13.0. The van der Waals surface area contributed by atoms with Gasteiger partial charge in [-0.25, -0.2) is 9.97 Å². The Labute approximate surface area is 192 Å². The van der Waals surface area contributed by atoms with Crippen LogP contribution < -0.4 is 16.4 Å². The molecule has 1 saturated carbocycles. The van der Waals surface area contributed by atoms with Crippen LogP contribution >= 0.6 is 0 Å². The first-order valence-electron chi connectivity index (χ1n) is 11.0. The van der Waals surface area contributed by atoms with Crippen molar-refractivity contribution in [3.05, 3.63) is 77.6 Å². The molecule has 4 N–H and O–H groups in total. The van der Waals surface area contributed by atoms with Gasteiger partial charge < -0.3 is 21.1 Å². The van der Waals surface area contributed by atoms with E-state index in [1.54, 1.807) is 18.2 Å². The Morgan fingerprint density at radius 3 is 2.70 bits per heavy atom. The average Bonchev–Trinajstić information content (AvgIpc) is 3.30. The Kier molecular flexibility index (Phi) is 6.95. The van der Waals surface area contributed by atoms with Crippen molar-refractivity contribution < 1.29 is 14.3 Å². The summed E-state index contributed by atoms with van der Waals surface area (Å²) in [5.74, 6) is -0.541. The van der Waals surface area contributed by atoms with Crippen LogP contribution in [0.3, 0.4) is 0 Å². The lowest BCUT2D eigenvalue weighted by molar-refractivity contribution is 0.0272. The summed E-state index contributed by atoms with van der Waals surface area (Å²) in [5, 5.41) is 5.62. The van der Waals surface area contributed by atoms with E-state index in [-0.39, 0.29) is 29.6 Å². The maximum absolute atomic E-state index is 13.0. The molecule has 1 heterocycles. The fourth-order valence-corrected chi connectivity index (χ4v) is 3.96. The van der Waals surface area contributed by atoms with Crippen LogP contribution in [0.1, 0.15) is 45.7 Å². The Balaban J connectivity index is 1.45. The van der Waals surface area contributed by atoms with Crippen LogP contribution in [-0.2, 0) is 11.3 Å². The van der Waals surface area contributed by atoms with Crippen LogP contribution in [0.15, 0.2) is 60.8 Å². The number of nitrogen functional groups attached to an aromatic ring is 1. The molecule has 1 aliphatic carbocycles. The van der Waals surface area contributed by atoms with Crippen molar-refractivity contribution in [1.29, 1.82) is 0 Å². The predicted octanol–water partition coefficient (Wildman–Crippen LogP) is 2.95. The normalized spacial score (nSPS) is 17.5. The first-order chi connectivity index (χ1) is 16.0. The fourth-order valence-electron chi connectivity index (χ4n) is 3.96. The average molecular weight is 446 g/mol. The molecule has 0 aliphatic heterocycles. The van der Waals surface area contributed by atoms with Crippen LogP contribution in [0.25, 0.3) is 11.3 Å². The topological polar surface area (TPSA) is 119 Å². The second-order valence-electron chi connectivity index (χ2n) is 7.99. The molecular formula is C25H27N5O3. The van der Waals surface area contributed by atoms with E-state index in [0.717, 1.165) is 24.8 Å². The molecule has 0 bridgehead atoms. The van der Waals surface area contributed by atoms with Crippen molar-refractivity contribution in [2.75, 3.05) is 12.8 Å². The molecule has 0 saturated heterocycles. The van der Waals surface area contributed by atoms with Gasteiger partial charge in [-0.1, -0.05) is 42.5 Å². The van der Waals surface area contributed by atoms with Crippen LogP contribution in [0, 0.1) is 0 Å². The minimum atomic E-state index is -0.418. The zero-order valence-corrected chi connectivity index (χ0v) is 18.5. The lowest BCUT2D eigenvalue weighted by Crippen LogP contribution is -2.41. The van der Waals surface area contributed by atoms with Gasteiger partial charge in [0, 0.05) is 18.2 Å². The van der Waals surface area contributed by atoms with Crippen LogP contribution in [0.4, 0.5) is 5.82 Å². The summed E-state index contributed by atoms with van der Waals surface area (Å²) in [6, 6.07) is 17.0. The molecule has 2 amide bonds. The Bertz CT molecular complexity index is 1140. The van der Waals surface area contributed by atoms with Gasteiger partial charge in [0.15, 0.2) is 11.5 Å². The van der Waals surface area contributed by atoms with Gasteiger partial charge >= 0.3 is 0 Å². The van der Waals surface area contributed by atoms with Crippen LogP contribution in [-0.4, -0.2) is 41.0 Å². The zero-order chi connectivity index (χ0) is 23.2. The van der Waals surface area contributed by atoms with Gasteiger partial charge in [0.2, 0.25) is 0 Å². The van der Waals surface area contributed by atoms with E-state index < -0.39 is 5.91 Å². The summed E-state index contributed by atoms with van der Waals surface area (Å²) in [4.78, 5) is 33.4. The number of anilines is 1. The highest BCUT2D eigenvalue weighted by Gasteiger charge is 2.29. The first-order valence-corrected chi connectivity index (χ1v) is 11.0. The zero-order valence-electron chi connectivity index (χ0n) is 18.5. The number of hydrogen-bond acceptors (Lipinski definition) is 6. The number of aromatic nitrogens is 2. The minimum Gasteiger partial charge on any atom is -0.382 e. The number of rotatable bonds is 7. The van der Waals surface area contributed by atoms with Gasteiger partial charge in [-0.2, -0.15) is 0 Å². The van der Waals surface area contributed by atoms with Gasteiger partial charge in [0.05, 0.1) is 30.6 Å². The molecule has 1 aromatic heterocycles. The van der Waals surface area contributed by atoms with Gasteiger partial charge in [0.1, 0.15) is 0 Å². The van der Waals surface area contributed by atoms with Crippen molar-refractivity contribution in [2.45, 2.75) is 38.0 Å². The molecule has 2 atom stereocenters. The van der Waals surface area contributed by atoms with E-state index in [1.165, 1.54) is 13.2 Å². The van der Waals surface area contributed by atoms with E-state index in [9.17, 15) is 9.59 Å². The van der Waals surface area contributed by atoms with Crippen molar-refractivity contribution in [3.8, 4) is 11.3 Å². The molecule has 0 spiro atoms. The van der Waals surface area contributed by atoms with Crippen LogP contribution in [0.2, 0.25) is 0 Å². The first kappa shape index (κ1) is 22.4. The molecule has 8 heteroatoms. The molecule has 2 aromatic carbocycles. The molecule has 1 fully saturated rings. The number of hydrogen-bond donors (Lipinski definition) is 3. The van der Waals surface area contributed by atoms with E-state index >= 15 is 0 Å². The second-order valence-corrected chi connectivity index (χ2v) is 7.99. The number of ether oxygens (including phenoxy) is 1. The Morgan fingerprint density at radius 2 is 1.91 bits per heavy atom. The van der Waals surface area contributed by atoms with E-state index in [2.05, 4.69) is 20.6 Å². The molecule has 170 valence electrons. The van der Waals surface area contributed by atoms with Crippen molar-refractivity contribution in [1.82, 2.24) is 20.6 Å². The monoisotopic (exact) mass is 445 g/mol. The van der Waals surface area contributed by atoms with E-state index in [0.29, 0.717) is 23.4 Å². The maximum Gasteiger partial charge on any atom is 0.273 e. The SMILES string of the molecule is CNC(=O)c1nc(-c2cccc(C(=O)N[C@H]3CCC[C@@H]3OCc3ccccc3)c2)cnc1N. The molecule has 1 aliphatic rings. The van der Waals surface area contributed by atoms with Gasteiger partial charge in [-0.3, -0.25) is 9.59 Å². The highest BCUT2D eigenvalue weighted by molar-refractivity contribution is 5.97. The minimum absolute atomic E-state index is 0.0181. The van der Waals surface area contributed by atoms with Crippen molar-refractivity contribution in [2.24, 2.45) is 0 Å². The third-order valence-electron chi connectivity index (χ3n) is 5.74. The number of benzene rings is 2. The highest BCUT2D eigenvalue weighted by atomic mass is 16.5. The fraction of sp³-hybridized carbons (Fsp3) is 0.280. The summed E-state index contributed by atoms with van der Waals surface area (Å²) in [7, 11) is 1.50. The van der Waals surface area contributed by atoms with Gasteiger partial charge in [-0.05, 0) is 37.0 Å². The quantitative estimate of drug-likeness (QED) is 0.514. The standard InChI is InChI=1S/C25H27N5O3/c1-27-25(32)22-23(26)28-14-20(29-22)17-9-5-10-18(13-17)24(31)30-19-11-6-12-21(19)33-15-16-7-3-2-4-8-16/h2-5,7-10,13-14,19,21H,6,11-12,15H2,1H3,(H2,26,28)(H,27,32)(H,30,31)/t19-,21-/m0/s1. The van der Waals surface area contributed by atoms with Crippen molar-refractivity contribution >= 4 is 17.6 Å².